The molecule has 0 fully saturated rings. The van der Waals surface area contributed by atoms with Crippen LogP contribution >= 0.6 is 85.2 Å². The van der Waals surface area contributed by atoms with Crippen molar-refractivity contribution in [2.24, 2.45) is 0 Å². The fourth-order valence-corrected chi connectivity index (χ4v) is 3.41. The molecule has 4 atom stereocenters. The quantitative estimate of drug-likeness (QED) is 0.156. The number of carbonyl (C=O) groups excluding carboxylic acids is 1. The second-order valence-electron chi connectivity index (χ2n) is 6.25. The normalized spacial score (nSPS) is 10.1. The summed E-state index contributed by atoms with van der Waals surface area (Å²) >= 11 is 12.9. The lowest BCUT2D eigenvalue weighted by Crippen LogP contribution is -2.00. The van der Waals surface area contributed by atoms with Gasteiger partial charge in [0.05, 0.1) is 19.2 Å². The van der Waals surface area contributed by atoms with E-state index in [0.717, 1.165) is 33.6 Å². The van der Waals surface area contributed by atoms with Crippen molar-refractivity contribution >= 4 is 96.8 Å². The molecule has 0 aliphatic carbocycles. The molecule has 0 saturated heterocycles. The molecule has 3 nitrogen and oxygen atoms in total. The minimum Gasteiger partial charge on any atom is -0.465 e. The van der Waals surface area contributed by atoms with Crippen LogP contribution in [0.3, 0.4) is 0 Å². The van der Waals surface area contributed by atoms with E-state index in [-0.39, 0.29) is 6.99 Å². The van der Waals surface area contributed by atoms with E-state index in [1.807, 2.05) is 49.4 Å². The monoisotopic (exact) mass is 681 g/mol. The summed E-state index contributed by atoms with van der Waals surface area (Å²) in [7, 11) is 10.6. The van der Waals surface area contributed by atoms with Gasteiger partial charge in [-0.25, -0.2) is 9.64 Å². The van der Waals surface area contributed by atoms with Crippen LogP contribution in [0.25, 0.3) is 16.0 Å². The molecule has 0 bridgehead atoms. The van der Waals surface area contributed by atoms with Crippen LogP contribution in [0.2, 0.25) is 5.02 Å². The standard InChI is InChI=1S/C14H10BrClO2.C8H6BrN.H7P5/c1-18-14(17)10-5-6-12(13(16)8-10)9-3-2-4-11(15)7-9;1-6-4-3-5-7(10-2)8(6)9;1-4-5(2)3/h2-8H,1H3;3-5H,1H3;4H,1-3H2. The number of carbonyl (C=O) groups is 1. The molecule has 3 aromatic carbocycles. The minimum absolute atomic E-state index is 0.226. The predicted octanol–water partition coefficient (Wildman–Crippen LogP) is 10.3. The van der Waals surface area contributed by atoms with Crippen LogP contribution in [-0.4, -0.2) is 13.1 Å². The van der Waals surface area contributed by atoms with Gasteiger partial charge in [-0.15, -0.1) is 26.8 Å². The molecule has 33 heavy (non-hydrogen) atoms. The summed E-state index contributed by atoms with van der Waals surface area (Å²) in [4.78, 5) is 14.7. The third kappa shape index (κ3) is 11.1. The largest absolute Gasteiger partial charge is 0.465 e. The van der Waals surface area contributed by atoms with Crippen molar-refractivity contribution < 1.29 is 9.53 Å². The number of methoxy groups -OCH3 is 1. The van der Waals surface area contributed by atoms with Crippen LogP contribution in [0.15, 0.2) is 69.6 Å². The van der Waals surface area contributed by atoms with Crippen molar-refractivity contribution in [3.05, 3.63) is 97.2 Å². The molecule has 0 aromatic heterocycles. The molecule has 174 valence electrons. The number of nitrogens with zero attached hydrogens (tertiary/aromatic N) is 1. The molecule has 4 unspecified atom stereocenters. The zero-order chi connectivity index (χ0) is 25.0. The van der Waals surface area contributed by atoms with Gasteiger partial charge in [0.15, 0.2) is 0 Å². The maximum absolute atomic E-state index is 11.4. The van der Waals surface area contributed by atoms with Gasteiger partial charge in [-0.05, 0) is 49.3 Å². The summed E-state index contributed by atoms with van der Waals surface area (Å²) in [6.07, 6.45) is 0. The number of esters is 1. The average Bonchev–Trinajstić information content (AvgIpc) is 2.81. The highest BCUT2D eigenvalue weighted by Crippen LogP contribution is 2.71. The zero-order valence-electron chi connectivity index (χ0n) is 17.9. The smallest absolute Gasteiger partial charge is 0.337 e. The van der Waals surface area contributed by atoms with Crippen molar-refractivity contribution in [3.63, 3.8) is 0 Å². The van der Waals surface area contributed by atoms with Gasteiger partial charge in [0.2, 0.25) is 5.69 Å². The van der Waals surface area contributed by atoms with E-state index in [2.05, 4.69) is 68.2 Å². The van der Waals surface area contributed by atoms with Gasteiger partial charge in [-0.2, -0.15) is 0 Å². The highest BCUT2D eigenvalue weighted by Gasteiger charge is 2.10. The lowest BCUT2D eigenvalue weighted by Gasteiger charge is -2.07. The molecule has 0 aliphatic heterocycles. The minimum atomic E-state index is -0.391. The average molecular weight is 684 g/mol. The SMILES string of the molecule is COC(=O)c1ccc(-c2cccc(Br)c2)c(Cl)c1.PPP(P)P.[C-]#[N+]c1cccc(C)c1Br. The van der Waals surface area contributed by atoms with Crippen LogP contribution in [0.5, 0.6) is 0 Å². The summed E-state index contributed by atoms with van der Waals surface area (Å²) < 4.78 is 6.54. The summed E-state index contributed by atoms with van der Waals surface area (Å²) in [6, 6.07) is 18.6. The van der Waals surface area contributed by atoms with Crippen LogP contribution < -0.4 is 0 Å². The summed E-state index contributed by atoms with van der Waals surface area (Å²) in [5.41, 5.74) is 4.10. The van der Waals surface area contributed by atoms with Gasteiger partial charge in [0.1, 0.15) is 0 Å². The predicted molar refractivity (Wildman–Crippen MR) is 165 cm³/mol. The Morgan fingerprint density at radius 1 is 1.12 bits per heavy atom. The third-order valence-corrected chi connectivity index (χ3v) is 17.7. The molecule has 0 spiro atoms. The molecule has 0 amide bonds. The van der Waals surface area contributed by atoms with E-state index >= 15 is 0 Å². The van der Waals surface area contributed by atoms with Crippen molar-refractivity contribution in [2.75, 3.05) is 7.11 Å². The Labute approximate surface area is 227 Å². The molecule has 3 rings (SSSR count). The van der Waals surface area contributed by atoms with E-state index in [9.17, 15) is 4.79 Å². The number of aryl methyl sites for hydroxylation is 1. The first kappa shape index (κ1) is 31.1. The van der Waals surface area contributed by atoms with E-state index in [0.29, 0.717) is 16.3 Å². The van der Waals surface area contributed by atoms with Crippen molar-refractivity contribution in [1.82, 2.24) is 0 Å². The summed E-state index contributed by atoms with van der Waals surface area (Å²) in [5, 5.41) is 0.524. The Bertz CT molecular complexity index is 1130. The molecule has 0 aliphatic rings. The van der Waals surface area contributed by atoms with Gasteiger partial charge < -0.3 is 4.74 Å². The van der Waals surface area contributed by atoms with Gasteiger partial charge in [-0.1, -0.05) is 87.8 Å². The second-order valence-corrected chi connectivity index (χ2v) is 22.3. The maximum atomic E-state index is 11.4. The Kier molecular flexibility index (Phi) is 15.7. The van der Waals surface area contributed by atoms with Crippen LogP contribution in [0, 0.1) is 13.5 Å². The Morgan fingerprint density at radius 2 is 1.76 bits per heavy atom. The van der Waals surface area contributed by atoms with Crippen LogP contribution in [0.1, 0.15) is 15.9 Å². The molecule has 0 saturated carbocycles. The van der Waals surface area contributed by atoms with Gasteiger partial charge in [0.25, 0.3) is 0 Å². The number of hydrogen-bond donors (Lipinski definition) is 0. The van der Waals surface area contributed by atoms with Crippen molar-refractivity contribution in [2.45, 2.75) is 6.92 Å². The number of benzene rings is 3. The second kappa shape index (κ2) is 16.6. The Morgan fingerprint density at radius 3 is 2.24 bits per heavy atom. The summed E-state index contributed by atoms with van der Waals surface area (Å²) in [5.74, 6) is -0.391. The highest BCUT2D eigenvalue weighted by molar-refractivity contribution is 9.11. The number of ether oxygens (including phenoxy) is 1. The van der Waals surface area contributed by atoms with Crippen LogP contribution in [0.4, 0.5) is 5.69 Å². The zero-order valence-corrected chi connectivity index (χ0v) is 27.1. The van der Waals surface area contributed by atoms with E-state index in [1.54, 1.807) is 18.2 Å². The third-order valence-electron chi connectivity index (χ3n) is 3.97. The number of rotatable bonds is 3. The lowest BCUT2D eigenvalue weighted by molar-refractivity contribution is 0.0601. The lowest BCUT2D eigenvalue weighted by atomic mass is 10.0. The molecule has 3 aromatic rings. The summed E-state index contributed by atoms with van der Waals surface area (Å²) in [6.45, 7) is 8.97. The Balaban J connectivity index is 0.000000304. The molecule has 11 heteroatoms. The van der Waals surface area contributed by atoms with Crippen molar-refractivity contribution in [1.29, 1.82) is 0 Å². The van der Waals surface area contributed by atoms with Gasteiger partial charge in [-0.3, -0.25) is 0 Å². The molecule has 0 N–H and O–H groups in total. The van der Waals surface area contributed by atoms with E-state index in [4.69, 9.17) is 18.2 Å². The first-order valence-electron chi connectivity index (χ1n) is 9.16. The number of hydrogen-bond acceptors (Lipinski definition) is 2. The first-order chi connectivity index (χ1) is 15.6. The molecular weight excluding hydrogens is 660 g/mol. The highest BCUT2D eigenvalue weighted by atomic mass is 79.9. The van der Waals surface area contributed by atoms with E-state index in [1.165, 1.54) is 7.11 Å². The van der Waals surface area contributed by atoms with Gasteiger partial charge in [0, 0.05) is 19.5 Å². The Hall–Kier alpha value is 0.0200. The molecular formula is C22H23Br2ClNO2P5. The van der Waals surface area contributed by atoms with Crippen molar-refractivity contribution in [3.8, 4) is 11.1 Å². The molecule has 0 heterocycles. The number of halogens is 3. The fraction of sp³-hybridized carbons (Fsp3) is 0.0909. The fourth-order valence-electron chi connectivity index (χ4n) is 2.37. The topological polar surface area (TPSA) is 30.7 Å². The van der Waals surface area contributed by atoms with Gasteiger partial charge >= 0.3 is 5.97 Å². The maximum Gasteiger partial charge on any atom is 0.337 e. The molecule has 0 radical (unpaired) electrons. The first-order valence-corrected chi connectivity index (χ1v) is 19.4. The van der Waals surface area contributed by atoms with E-state index < -0.39 is 5.97 Å². The van der Waals surface area contributed by atoms with Crippen LogP contribution in [-0.2, 0) is 4.74 Å².